The molecule has 200 valence electrons. The summed E-state index contributed by atoms with van der Waals surface area (Å²) in [7, 11) is 1.83. The van der Waals surface area contributed by atoms with E-state index in [9.17, 15) is 22.8 Å². The second kappa shape index (κ2) is 9.75. The first kappa shape index (κ1) is 25.7. The summed E-state index contributed by atoms with van der Waals surface area (Å²) >= 11 is 0. The minimum absolute atomic E-state index is 0.0200. The van der Waals surface area contributed by atoms with Crippen molar-refractivity contribution in [3.05, 3.63) is 82.1 Å². The molecule has 0 N–H and O–H groups in total. The molecule has 4 heterocycles. The molecule has 1 aromatic carbocycles. The Balaban J connectivity index is 1.52. The van der Waals surface area contributed by atoms with Crippen molar-refractivity contribution in [1.82, 2.24) is 33.5 Å². The van der Waals surface area contributed by atoms with Crippen LogP contribution in [0.15, 0.2) is 53.8 Å². The number of rotatable bonds is 5. The number of hydrogen-bond acceptors (Lipinski definition) is 5. The predicted octanol–water partition coefficient (Wildman–Crippen LogP) is 3.05. The van der Waals surface area contributed by atoms with Crippen LogP contribution in [-0.4, -0.2) is 65.6 Å². The van der Waals surface area contributed by atoms with Crippen LogP contribution >= 0.6 is 0 Å². The lowest BCUT2D eigenvalue weighted by Crippen LogP contribution is -2.47. The van der Waals surface area contributed by atoms with Gasteiger partial charge in [0.05, 0.1) is 16.8 Å². The average molecular weight is 528 g/mol. The van der Waals surface area contributed by atoms with Crippen molar-refractivity contribution >= 4 is 11.4 Å². The Kier molecular flexibility index (Phi) is 6.59. The van der Waals surface area contributed by atoms with Gasteiger partial charge in [0, 0.05) is 65.0 Å². The number of piperazine rings is 1. The molecule has 9 nitrogen and oxygen atoms in total. The number of nitrogens with zero attached hydrogens (tertiary/aromatic N) is 7. The summed E-state index contributed by atoms with van der Waals surface area (Å²) in [6, 6.07) is 8.24. The van der Waals surface area contributed by atoms with Crippen LogP contribution in [0.2, 0.25) is 0 Å². The maximum atomic E-state index is 14.1. The molecule has 1 fully saturated rings. The fraction of sp³-hybridized carbons (Fsp3) is 0.385. The molecule has 5 rings (SSSR count). The summed E-state index contributed by atoms with van der Waals surface area (Å²) in [6.07, 6.45) is -0.325. The molecule has 1 aliphatic heterocycles. The first-order valence-corrected chi connectivity index (χ1v) is 12.3. The zero-order valence-electron chi connectivity index (χ0n) is 21.3. The number of halogens is 3. The van der Waals surface area contributed by atoms with Crippen molar-refractivity contribution < 1.29 is 18.0 Å². The number of alkyl halides is 3. The number of imidazole rings is 1. The molecule has 1 atom stereocenters. The average Bonchev–Trinajstić information content (AvgIpc) is 3.46. The number of hydrogen-bond donors (Lipinski definition) is 0. The van der Waals surface area contributed by atoms with E-state index in [0.717, 1.165) is 21.9 Å². The van der Waals surface area contributed by atoms with Gasteiger partial charge < -0.3 is 9.47 Å². The fourth-order valence-corrected chi connectivity index (χ4v) is 5.00. The number of aromatic nitrogens is 5. The van der Waals surface area contributed by atoms with Crippen molar-refractivity contribution in [2.75, 3.05) is 26.2 Å². The van der Waals surface area contributed by atoms with Crippen LogP contribution < -0.4 is 5.69 Å². The normalized spacial score (nSPS) is 15.8. The van der Waals surface area contributed by atoms with Gasteiger partial charge in [-0.05, 0) is 29.3 Å². The van der Waals surface area contributed by atoms with E-state index in [1.165, 1.54) is 23.9 Å². The molecule has 0 unspecified atom stereocenters. The van der Waals surface area contributed by atoms with E-state index in [1.54, 1.807) is 34.0 Å². The van der Waals surface area contributed by atoms with Gasteiger partial charge in [0.25, 0.3) is 0 Å². The number of carbonyl (C=O) groups is 1. The Bertz CT molecular complexity index is 1540. The molecule has 12 heteroatoms. The predicted molar refractivity (Wildman–Crippen MR) is 134 cm³/mol. The largest absolute Gasteiger partial charge is 0.418 e. The highest BCUT2D eigenvalue weighted by Gasteiger charge is 2.35. The highest BCUT2D eigenvalue weighted by atomic mass is 19.4. The van der Waals surface area contributed by atoms with Gasteiger partial charge in [-0.3, -0.25) is 18.7 Å². The van der Waals surface area contributed by atoms with Gasteiger partial charge in [0.1, 0.15) is 12.2 Å². The van der Waals surface area contributed by atoms with E-state index >= 15 is 0 Å². The van der Waals surface area contributed by atoms with Gasteiger partial charge >= 0.3 is 11.9 Å². The third-order valence-electron chi connectivity index (χ3n) is 7.13. The van der Waals surface area contributed by atoms with Gasteiger partial charge in [-0.15, -0.1) is 10.2 Å². The van der Waals surface area contributed by atoms with E-state index < -0.39 is 17.4 Å². The third-order valence-corrected chi connectivity index (χ3v) is 7.13. The van der Waals surface area contributed by atoms with E-state index in [0.29, 0.717) is 37.4 Å². The SMILES string of the molecule is CC(=O)N1CCN(Cc2cc(C(F)(F)F)c3cn(-c4cccc([C@H](C)c5nncn5C)c4)c(=O)n3c2)CC1. The summed E-state index contributed by atoms with van der Waals surface area (Å²) in [6.45, 7) is 5.82. The molecular formula is C26H28F3N7O2. The molecule has 0 radical (unpaired) electrons. The first-order valence-electron chi connectivity index (χ1n) is 12.3. The van der Waals surface area contributed by atoms with E-state index in [4.69, 9.17) is 0 Å². The lowest BCUT2D eigenvalue weighted by atomic mass is 10.00. The Morgan fingerprint density at radius 3 is 2.47 bits per heavy atom. The Morgan fingerprint density at radius 2 is 1.84 bits per heavy atom. The lowest BCUT2D eigenvalue weighted by molar-refractivity contribution is -0.136. The van der Waals surface area contributed by atoms with Crippen LogP contribution in [0.4, 0.5) is 13.2 Å². The van der Waals surface area contributed by atoms with Crippen LogP contribution in [0.5, 0.6) is 0 Å². The van der Waals surface area contributed by atoms with Crippen LogP contribution in [0.1, 0.15) is 42.3 Å². The molecule has 0 saturated carbocycles. The molecule has 4 aromatic rings. The van der Waals surface area contributed by atoms with Gasteiger partial charge in [0.15, 0.2) is 0 Å². The first-order chi connectivity index (χ1) is 18.0. The highest BCUT2D eigenvalue weighted by molar-refractivity contribution is 5.73. The van der Waals surface area contributed by atoms with Crippen molar-refractivity contribution in [1.29, 1.82) is 0 Å². The van der Waals surface area contributed by atoms with Crippen molar-refractivity contribution in [2.45, 2.75) is 32.5 Å². The van der Waals surface area contributed by atoms with Crippen LogP contribution in [0, 0.1) is 0 Å². The second-order valence-corrected chi connectivity index (χ2v) is 9.70. The van der Waals surface area contributed by atoms with Crippen molar-refractivity contribution in [3.63, 3.8) is 0 Å². The van der Waals surface area contributed by atoms with Gasteiger partial charge in [-0.25, -0.2) is 4.79 Å². The number of fused-ring (bicyclic) bond motifs is 1. The van der Waals surface area contributed by atoms with Crippen molar-refractivity contribution in [3.8, 4) is 5.69 Å². The topological polar surface area (TPSA) is 80.7 Å². The molecule has 3 aromatic heterocycles. The lowest BCUT2D eigenvalue weighted by Gasteiger charge is -2.34. The van der Waals surface area contributed by atoms with Crippen LogP contribution in [0.25, 0.3) is 11.2 Å². The van der Waals surface area contributed by atoms with Crippen molar-refractivity contribution in [2.24, 2.45) is 7.05 Å². The van der Waals surface area contributed by atoms with E-state index in [1.807, 2.05) is 24.9 Å². The van der Waals surface area contributed by atoms with Crippen LogP contribution in [0.3, 0.4) is 0 Å². The maximum absolute atomic E-state index is 14.1. The number of amides is 1. The summed E-state index contributed by atoms with van der Waals surface area (Å²) in [4.78, 5) is 28.7. The Morgan fingerprint density at radius 1 is 1.11 bits per heavy atom. The standard InChI is InChI=1S/C26H28F3N7O2/c1-17(24-31-30-16-32(24)3)20-5-4-6-21(12-20)35-15-23-22(26(27,28)29)11-19(14-36(23)25(35)38)13-33-7-9-34(10-8-33)18(2)37/h4-6,11-12,14-17H,7-10,13H2,1-3H3/t17-/m0/s1. The summed E-state index contributed by atoms with van der Waals surface area (Å²) < 4.78 is 46.5. The maximum Gasteiger partial charge on any atom is 0.418 e. The Labute approximate surface area is 216 Å². The van der Waals surface area contributed by atoms with Gasteiger partial charge in [-0.1, -0.05) is 19.1 Å². The quantitative estimate of drug-likeness (QED) is 0.399. The minimum atomic E-state index is -4.64. The third kappa shape index (κ3) is 4.83. The van der Waals surface area contributed by atoms with Crippen LogP contribution in [-0.2, 0) is 24.6 Å². The number of benzene rings is 1. The molecule has 1 aliphatic rings. The highest BCUT2D eigenvalue weighted by Crippen LogP contribution is 2.34. The van der Waals surface area contributed by atoms with Gasteiger partial charge in [0.2, 0.25) is 5.91 Å². The number of carbonyl (C=O) groups excluding carboxylic acids is 1. The summed E-state index contributed by atoms with van der Waals surface area (Å²) in [5.41, 5.74) is 0.0292. The summed E-state index contributed by atoms with van der Waals surface area (Å²) in [5.74, 6) is 0.564. The molecule has 38 heavy (non-hydrogen) atoms. The molecule has 0 aliphatic carbocycles. The van der Waals surface area contributed by atoms with Gasteiger partial charge in [-0.2, -0.15) is 13.2 Å². The second-order valence-electron chi connectivity index (χ2n) is 9.70. The molecule has 0 bridgehead atoms. The Hall–Kier alpha value is -3.93. The summed E-state index contributed by atoms with van der Waals surface area (Å²) in [5, 5.41) is 8.06. The molecule has 0 spiro atoms. The smallest absolute Gasteiger partial charge is 0.340 e. The molecule has 1 amide bonds. The molecular weight excluding hydrogens is 499 g/mol. The number of aryl methyl sites for hydroxylation is 1. The zero-order chi connectivity index (χ0) is 27.2. The zero-order valence-corrected chi connectivity index (χ0v) is 21.3. The monoisotopic (exact) mass is 527 g/mol. The van der Waals surface area contributed by atoms with E-state index in [2.05, 4.69) is 10.2 Å². The molecule has 1 saturated heterocycles. The van der Waals surface area contributed by atoms with E-state index in [-0.39, 0.29) is 23.9 Å². The fourth-order valence-electron chi connectivity index (χ4n) is 5.00. The number of pyridine rings is 1. The minimum Gasteiger partial charge on any atom is -0.340 e.